The number of benzene rings is 1. The number of nitrogens with zero attached hydrogens (tertiary/aromatic N) is 5. The molecule has 0 atom stereocenters. The summed E-state index contributed by atoms with van der Waals surface area (Å²) in [6, 6.07) is 9.03. The molecule has 0 fully saturated rings. The van der Waals surface area contributed by atoms with Gasteiger partial charge in [0, 0.05) is 12.4 Å². The van der Waals surface area contributed by atoms with Gasteiger partial charge in [-0.1, -0.05) is 23.7 Å². The van der Waals surface area contributed by atoms with E-state index in [9.17, 15) is 0 Å². The van der Waals surface area contributed by atoms with Crippen LogP contribution in [-0.4, -0.2) is 24.7 Å². The molecular weight excluding hydrogens is 292 g/mol. The number of hydrogen-bond donors (Lipinski definition) is 3. The van der Waals surface area contributed by atoms with Gasteiger partial charge in [0.05, 0.1) is 10.7 Å². The fourth-order valence-electron chi connectivity index (χ4n) is 1.66. The molecule has 3 aromatic rings. The van der Waals surface area contributed by atoms with Gasteiger partial charge in [-0.05, 0) is 18.2 Å². The Morgan fingerprint density at radius 1 is 1.05 bits per heavy atom. The first kappa shape index (κ1) is 13.3. The van der Waals surface area contributed by atoms with Crippen LogP contribution in [0.3, 0.4) is 0 Å². The predicted molar refractivity (Wildman–Crippen MR) is 79.5 cm³/mol. The molecule has 2 aromatic heterocycles. The van der Waals surface area contributed by atoms with Gasteiger partial charge in [0.1, 0.15) is 0 Å². The summed E-state index contributed by atoms with van der Waals surface area (Å²) in [7, 11) is 0. The molecule has 106 valence electrons. The second kappa shape index (κ2) is 5.73. The van der Waals surface area contributed by atoms with Gasteiger partial charge in [0.2, 0.25) is 11.9 Å². The fourth-order valence-corrected chi connectivity index (χ4v) is 1.84. The highest BCUT2D eigenvalue weighted by molar-refractivity contribution is 6.33. The molecular formula is C12H11ClN8. The van der Waals surface area contributed by atoms with Crippen molar-refractivity contribution < 1.29 is 0 Å². The Morgan fingerprint density at radius 3 is 2.57 bits per heavy atom. The maximum atomic E-state index is 6.10. The summed E-state index contributed by atoms with van der Waals surface area (Å²) in [5.41, 5.74) is 3.07. The van der Waals surface area contributed by atoms with E-state index in [1.807, 2.05) is 18.2 Å². The number of nitrogens with one attached hydrogen (secondary N) is 2. The second-order valence-corrected chi connectivity index (χ2v) is 4.39. The summed E-state index contributed by atoms with van der Waals surface area (Å²) in [4.78, 5) is 12.5. The maximum Gasteiger partial charge on any atom is 0.257 e. The van der Waals surface area contributed by atoms with Crippen molar-refractivity contribution in [1.29, 1.82) is 0 Å². The largest absolute Gasteiger partial charge is 0.323 e. The van der Waals surface area contributed by atoms with E-state index < -0.39 is 0 Å². The minimum Gasteiger partial charge on any atom is -0.323 e. The zero-order valence-corrected chi connectivity index (χ0v) is 11.5. The van der Waals surface area contributed by atoms with Crippen LogP contribution in [0.1, 0.15) is 0 Å². The SMILES string of the molecule is NNc1nc(Nc2ccccc2Cl)nc(-n2cccn2)n1. The van der Waals surface area contributed by atoms with Crippen LogP contribution in [0.15, 0.2) is 42.7 Å². The van der Waals surface area contributed by atoms with Gasteiger partial charge in [0.25, 0.3) is 5.95 Å². The molecule has 4 N–H and O–H groups in total. The van der Waals surface area contributed by atoms with E-state index in [1.54, 1.807) is 24.5 Å². The third-order valence-electron chi connectivity index (χ3n) is 2.58. The number of anilines is 3. The number of hydrazine groups is 1. The van der Waals surface area contributed by atoms with Crippen LogP contribution in [0.25, 0.3) is 5.95 Å². The van der Waals surface area contributed by atoms with E-state index in [-0.39, 0.29) is 5.95 Å². The van der Waals surface area contributed by atoms with E-state index in [1.165, 1.54) is 4.68 Å². The summed E-state index contributed by atoms with van der Waals surface area (Å²) in [5.74, 6) is 6.22. The third kappa shape index (κ3) is 2.91. The molecule has 0 aliphatic carbocycles. The molecule has 0 saturated carbocycles. The van der Waals surface area contributed by atoms with E-state index in [4.69, 9.17) is 17.4 Å². The van der Waals surface area contributed by atoms with Crippen LogP contribution >= 0.6 is 11.6 Å². The molecule has 0 saturated heterocycles. The third-order valence-corrected chi connectivity index (χ3v) is 2.91. The van der Waals surface area contributed by atoms with Crippen LogP contribution in [-0.2, 0) is 0 Å². The molecule has 21 heavy (non-hydrogen) atoms. The zero-order chi connectivity index (χ0) is 14.7. The predicted octanol–water partition coefficient (Wildman–Crippen LogP) is 1.74. The molecule has 0 aliphatic heterocycles. The Balaban J connectivity index is 1.99. The molecule has 0 aliphatic rings. The number of rotatable bonds is 4. The number of halogens is 1. The number of nitrogen functional groups attached to an aromatic ring is 1. The van der Waals surface area contributed by atoms with Crippen molar-refractivity contribution in [2.75, 3.05) is 10.7 Å². The summed E-state index contributed by atoms with van der Waals surface area (Å²) in [6.45, 7) is 0. The topological polar surface area (TPSA) is 107 Å². The summed E-state index contributed by atoms with van der Waals surface area (Å²) < 4.78 is 1.50. The lowest BCUT2D eigenvalue weighted by Gasteiger charge is -2.09. The minimum absolute atomic E-state index is 0.213. The van der Waals surface area contributed by atoms with Gasteiger partial charge < -0.3 is 5.32 Å². The smallest absolute Gasteiger partial charge is 0.257 e. The Bertz CT molecular complexity index is 743. The first-order valence-electron chi connectivity index (χ1n) is 6.00. The normalized spacial score (nSPS) is 10.4. The first-order chi connectivity index (χ1) is 10.3. The van der Waals surface area contributed by atoms with Crippen LogP contribution in [0.5, 0.6) is 0 Å². The lowest BCUT2D eigenvalue weighted by atomic mass is 10.3. The van der Waals surface area contributed by atoms with Crippen molar-refractivity contribution in [2.45, 2.75) is 0 Å². The van der Waals surface area contributed by atoms with Crippen molar-refractivity contribution in [2.24, 2.45) is 5.84 Å². The number of nitrogens with two attached hydrogens (primary N) is 1. The highest BCUT2D eigenvalue weighted by Crippen LogP contribution is 2.23. The molecule has 0 amide bonds. The lowest BCUT2D eigenvalue weighted by molar-refractivity contribution is 0.799. The van der Waals surface area contributed by atoms with Gasteiger partial charge in [-0.2, -0.15) is 20.1 Å². The summed E-state index contributed by atoms with van der Waals surface area (Å²) >= 11 is 6.10. The Labute approximate surface area is 125 Å². The highest BCUT2D eigenvalue weighted by Gasteiger charge is 2.09. The van der Waals surface area contributed by atoms with Gasteiger partial charge in [0.15, 0.2) is 0 Å². The van der Waals surface area contributed by atoms with Crippen LogP contribution in [0, 0.1) is 0 Å². The molecule has 9 heteroatoms. The number of hydrogen-bond acceptors (Lipinski definition) is 7. The monoisotopic (exact) mass is 302 g/mol. The van der Waals surface area contributed by atoms with Gasteiger partial charge in [-0.15, -0.1) is 0 Å². The number of aromatic nitrogens is 5. The van der Waals surface area contributed by atoms with E-state index in [2.05, 4.69) is 30.8 Å². The Hall–Kier alpha value is -2.71. The summed E-state index contributed by atoms with van der Waals surface area (Å²) in [5, 5.41) is 7.64. The maximum absolute atomic E-state index is 6.10. The van der Waals surface area contributed by atoms with Crippen LogP contribution in [0.2, 0.25) is 5.02 Å². The van der Waals surface area contributed by atoms with Crippen LogP contribution in [0.4, 0.5) is 17.6 Å². The minimum atomic E-state index is 0.213. The molecule has 8 nitrogen and oxygen atoms in total. The van der Waals surface area contributed by atoms with Crippen molar-refractivity contribution >= 4 is 29.2 Å². The van der Waals surface area contributed by atoms with E-state index in [0.717, 1.165) is 0 Å². The van der Waals surface area contributed by atoms with Crippen molar-refractivity contribution in [3.05, 3.63) is 47.7 Å². The van der Waals surface area contributed by atoms with Crippen molar-refractivity contribution in [3.63, 3.8) is 0 Å². The Kier molecular flexibility index (Phi) is 3.63. The standard InChI is InChI=1S/C12H11ClN8/c13-8-4-1-2-5-9(8)16-10-17-11(20-14)19-12(18-10)21-7-3-6-15-21/h1-7H,14H2,(H2,16,17,18,19,20). The molecule has 0 spiro atoms. The molecule has 0 unspecified atom stereocenters. The van der Waals surface area contributed by atoms with Gasteiger partial charge in [-0.3, -0.25) is 5.43 Å². The van der Waals surface area contributed by atoms with Crippen LogP contribution < -0.4 is 16.6 Å². The zero-order valence-electron chi connectivity index (χ0n) is 10.7. The number of para-hydroxylation sites is 1. The van der Waals surface area contributed by atoms with Crippen molar-refractivity contribution in [1.82, 2.24) is 24.7 Å². The second-order valence-electron chi connectivity index (χ2n) is 3.98. The van der Waals surface area contributed by atoms with E-state index >= 15 is 0 Å². The van der Waals surface area contributed by atoms with E-state index in [0.29, 0.717) is 22.6 Å². The lowest BCUT2D eigenvalue weighted by Crippen LogP contribution is -2.15. The molecule has 2 heterocycles. The highest BCUT2D eigenvalue weighted by atomic mass is 35.5. The average Bonchev–Trinajstić information content (AvgIpc) is 3.04. The van der Waals surface area contributed by atoms with Crippen molar-refractivity contribution in [3.8, 4) is 5.95 Å². The molecule has 0 radical (unpaired) electrons. The Morgan fingerprint density at radius 2 is 1.86 bits per heavy atom. The fraction of sp³-hybridized carbons (Fsp3) is 0. The van der Waals surface area contributed by atoms with Gasteiger partial charge in [-0.25, -0.2) is 10.5 Å². The molecule has 3 rings (SSSR count). The van der Waals surface area contributed by atoms with Gasteiger partial charge >= 0.3 is 0 Å². The quantitative estimate of drug-likeness (QED) is 0.498. The average molecular weight is 303 g/mol. The molecule has 0 bridgehead atoms. The summed E-state index contributed by atoms with van der Waals surface area (Å²) in [6.07, 6.45) is 3.34. The first-order valence-corrected chi connectivity index (χ1v) is 6.38. The molecule has 1 aromatic carbocycles.